The zero-order chi connectivity index (χ0) is 16.2. The minimum absolute atomic E-state index is 0.776. The second-order valence-corrected chi connectivity index (χ2v) is 8.84. The molecule has 0 N–H and O–H groups in total. The van der Waals surface area contributed by atoms with Crippen LogP contribution in [0, 0.1) is 24.7 Å². The SMILES string of the molecule is Cc1cc(C2CCC(CCC3CCC(C)CC3)CC2)ccc1Cl. The molecule has 0 heterocycles. The molecule has 1 aromatic carbocycles. The maximum Gasteiger partial charge on any atom is 0.0435 e. The van der Waals surface area contributed by atoms with Gasteiger partial charge < -0.3 is 0 Å². The molecule has 0 bridgehead atoms. The van der Waals surface area contributed by atoms with Crippen LogP contribution in [0.5, 0.6) is 0 Å². The minimum atomic E-state index is 0.776. The van der Waals surface area contributed by atoms with Crippen molar-refractivity contribution in [3.63, 3.8) is 0 Å². The van der Waals surface area contributed by atoms with Crippen molar-refractivity contribution in [2.24, 2.45) is 17.8 Å². The van der Waals surface area contributed by atoms with E-state index in [1.807, 2.05) is 0 Å². The van der Waals surface area contributed by atoms with Crippen molar-refractivity contribution in [1.82, 2.24) is 0 Å². The molecule has 128 valence electrons. The maximum atomic E-state index is 6.17. The van der Waals surface area contributed by atoms with Gasteiger partial charge in [0.2, 0.25) is 0 Å². The third-order valence-corrected chi connectivity index (χ3v) is 7.04. The third kappa shape index (κ3) is 4.75. The maximum absolute atomic E-state index is 6.17. The largest absolute Gasteiger partial charge is 0.0841 e. The predicted molar refractivity (Wildman–Crippen MR) is 101 cm³/mol. The zero-order valence-corrected chi connectivity index (χ0v) is 15.7. The Kier molecular flexibility index (Phi) is 6.07. The van der Waals surface area contributed by atoms with E-state index < -0.39 is 0 Å². The van der Waals surface area contributed by atoms with Crippen LogP contribution in [0.25, 0.3) is 0 Å². The summed E-state index contributed by atoms with van der Waals surface area (Å²) in [6.07, 6.45) is 14.6. The van der Waals surface area contributed by atoms with Gasteiger partial charge in [-0.05, 0) is 73.5 Å². The molecule has 0 spiro atoms. The number of hydrogen-bond acceptors (Lipinski definition) is 0. The van der Waals surface area contributed by atoms with Crippen LogP contribution in [0.2, 0.25) is 5.02 Å². The van der Waals surface area contributed by atoms with E-state index >= 15 is 0 Å². The lowest BCUT2D eigenvalue weighted by molar-refractivity contribution is 0.237. The van der Waals surface area contributed by atoms with Crippen LogP contribution in [0.3, 0.4) is 0 Å². The molecule has 2 aliphatic carbocycles. The Bertz CT molecular complexity index is 491. The third-order valence-electron chi connectivity index (χ3n) is 6.62. The van der Waals surface area contributed by atoms with Gasteiger partial charge in [0.05, 0.1) is 0 Å². The standard InChI is InChI=1S/C22H33Cl/c1-16-3-5-18(6-4-16)7-8-19-9-11-20(12-10-19)21-13-14-22(23)17(2)15-21/h13-16,18-20H,3-12H2,1-2H3. The van der Waals surface area contributed by atoms with Gasteiger partial charge in [-0.15, -0.1) is 0 Å². The van der Waals surface area contributed by atoms with E-state index in [4.69, 9.17) is 11.6 Å². The zero-order valence-electron chi connectivity index (χ0n) is 15.0. The molecule has 0 unspecified atom stereocenters. The van der Waals surface area contributed by atoms with Crippen LogP contribution in [0.1, 0.15) is 88.2 Å². The molecular formula is C22H33Cl. The molecule has 0 saturated heterocycles. The molecule has 1 heteroatoms. The van der Waals surface area contributed by atoms with E-state index in [0.29, 0.717) is 0 Å². The molecule has 0 aromatic heterocycles. The summed E-state index contributed by atoms with van der Waals surface area (Å²) >= 11 is 6.17. The van der Waals surface area contributed by atoms with Crippen molar-refractivity contribution in [3.8, 4) is 0 Å². The van der Waals surface area contributed by atoms with Gasteiger partial charge >= 0.3 is 0 Å². The first-order valence-electron chi connectivity index (χ1n) is 9.88. The van der Waals surface area contributed by atoms with Gasteiger partial charge in [0.15, 0.2) is 0 Å². The molecule has 1 aromatic rings. The summed E-state index contributed by atoms with van der Waals surface area (Å²) in [4.78, 5) is 0. The summed E-state index contributed by atoms with van der Waals surface area (Å²) < 4.78 is 0. The first kappa shape index (κ1) is 17.3. The van der Waals surface area contributed by atoms with Gasteiger partial charge in [0.25, 0.3) is 0 Å². The van der Waals surface area contributed by atoms with Gasteiger partial charge in [0, 0.05) is 5.02 Å². The van der Waals surface area contributed by atoms with Crippen LogP contribution in [-0.2, 0) is 0 Å². The molecule has 2 fully saturated rings. The first-order valence-corrected chi connectivity index (χ1v) is 10.3. The Morgan fingerprint density at radius 1 is 0.870 bits per heavy atom. The van der Waals surface area contributed by atoms with Gasteiger partial charge in [-0.1, -0.05) is 69.2 Å². The molecule has 2 saturated carbocycles. The average Bonchev–Trinajstić information content (AvgIpc) is 2.57. The van der Waals surface area contributed by atoms with Gasteiger partial charge in [-0.25, -0.2) is 0 Å². The number of rotatable bonds is 4. The highest BCUT2D eigenvalue weighted by molar-refractivity contribution is 6.31. The quantitative estimate of drug-likeness (QED) is 0.534. The Morgan fingerprint density at radius 3 is 2.00 bits per heavy atom. The molecule has 0 aliphatic heterocycles. The Morgan fingerprint density at radius 2 is 1.43 bits per heavy atom. The highest BCUT2D eigenvalue weighted by Crippen LogP contribution is 2.40. The minimum Gasteiger partial charge on any atom is -0.0841 e. The lowest BCUT2D eigenvalue weighted by atomic mass is 9.74. The topological polar surface area (TPSA) is 0 Å². The summed E-state index contributed by atoms with van der Waals surface area (Å²) in [5.41, 5.74) is 2.75. The summed E-state index contributed by atoms with van der Waals surface area (Å²) in [5, 5.41) is 0.907. The van der Waals surface area contributed by atoms with Crippen molar-refractivity contribution in [1.29, 1.82) is 0 Å². The molecule has 3 rings (SSSR count). The summed E-state index contributed by atoms with van der Waals surface area (Å²) in [5.74, 6) is 3.81. The Hall–Kier alpha value is -0.490. The molecule has 0 amide bonds. The van der Waals surface area contributed by atoms with Crippen molar-refractivity contribution < 1.29 is 0 Å². The van der Waals surface area contributed by atoms with Crippen LogP contribution < -0.4 is 0 Å². The highest BCUT2D eigenvalue weighted by atomic mass is 35.5. The number of halogens is 1. The molecule has 0 atom stereocenters. The lowest BCUT2D eigenvalue weighted by Crippen LogP contribution is -2.17. The monoisotopic (exact) mass is 332 g/mol. The van der Waals surface area contributed by atoms with Crippen LogP contribution in [0.4, 0.5) is 0 Å². The fraction of sp³-hybridized carbons (Fsp3) is 0.727. The lowest BCUT2D eigenvalue weighted by Gasteiger charge is -2.31. The molecule has 23 heavy (non-hydrogen) atoms. The summed E-state index contributed by atoms with van der Waals surface area (Å²) in [6, 6.07) is 6.66. The molecule has 0 nitrogen and oxygen atoms in total. The smallest absolute Gasteiger partial charge is 0.0435 e. The molecule has 2 aliphatic rings. The van der Waals surface area contributed by atoms with Crippen molar-refractivity contribution in [2.75, 3.05) is 0 Å². The summed E-state index contributed by atoms with van der Waals surface area (Å²) in [7, 11) is 0. The fourth-order valence-electron chi connectivity index (χ4n) is 4.80. The second kappa shape index (κ2) is 8.06. The van der Waals surface area contributed by atoms with Gasteiger partial charge in [0.1, 0.15) is 0 Å². The van der Waals surface area contributed by atoms with E-state index in [-0.39, 0.29) is 0 Å². The van der Waals surface area contributed by atoms with Crippen molar-refractivity contribution in [3.05, 3.63) is 34.3 Å². The normalized spacial score (nSPS) is 32.0. The number of hydrogen-bond donors (Lipinski definition) is 0. The van der Waals surface area contributed by atoms with E-state index in [1.54, 1.807) is 0 Å². The predicted octanol–water partition coefficient (Wildman–Crippen LogP) is 7.53. The Labute approximate surface area is 148 Å². The van der Waals surface area contributed by atoms with Gasteiger partial charge in [-0.3, -0.25) is 0 Å². The number of aryl methyl sites for hydroxylation is 1. The fourth-order valence-corrected chi connectivity index (χ4v) is 4.91. The average molecular weight is 333 g/mol. The van der Waals surface area contributed by atoms with Crippen LogP contribution >= 0.6 is 11.6 Å². The van der Waals surface area contributed by atoms with Crippen molar-refractivity contribution >= 4 is 11.6 Å². The highest BCUT2D eigenvalue weighted by Gasteiger charge is 2.24. The van der Waals surface area contributed by atoms with Crippen LogP contribution in [-0.4, -0.2) is 0 Å². The molecule has 0 radical (unpaired) electrons. The van der Waals surface area contributed by atoms with Crippen molar-refractivity contribution in [2.45, 2.75) is 84.0 Å². The van der Waals surface area contributed by atoms with E-state index in [2.05, 4.69) is 32.0 Å². The summed E-state index contributed by atoms with van der Waals surface area (Å²) in [6.45, 7) is 4.55. The second-order valence-electron chi connectivity index (χ2n) is 8.43. The van der Waals surface area contributed by atoms with E-state index in [1.165, 1.54) is 75.3 Å². The van der Waals surface area contributed by atoms with Crippen LogP contribution in [0.15, 0.2) is 18.2 Å². The number of benzene rings is 1. The Balaban J connectivity index is 1.42. The van der Waals surface area contributed by atoms with E-state index in [0.717, 1.165) is 28.7 Å². The molecular weight excluding hydrogens is 300 g/mol. The first-order chi connectivity index (χ1) is 11.1. The van der Waals surface area contributed by atoms with E-state index in [9.17, 15) is 0 Å². The van der Waals surface area contributed by atoms with Gasteiger partial charge in [-0.2, -0.15) is 0 Å².